The Morgan fingerprint density at radius 1 is 1.23 bits per heavy atom. The summed E-state index contributed by atoms with van der Waals surface area (Å²) >= 11 is 0. The molecule has 1 aliphatic rings. The van der Waals surface area contributed by atoms with Gasteiger partial charge in [-0.05, 0) is 19.9 Å². The highest BCUT2D eigenvalue weighted by Gasteiger charge is 2.02. The van der Waals surface area contributed by atoms with Crippen LogP contribution in [0.4, 0.5) is 0 Å². The second kappa shape index (κ2) is 4.65. The molecular formula is C11H16N2. The summed E-state index contributed by atoms with van der Waals surface area (Å²) in [4.78, 5) is 2.19. The fraction of sp³-hybridized carbons (Fsp3) is 0.364. The van der Waals surface area contributed by atoms with Crippen LogP contribution in [0.15, 0.2) is 36.1 Å². The maximum absolute atomic E-state index is 7.66. The summed E-state index contributed by atoms with van der Waals surface area (Å²) in [5, 5.41) is 7.66. The molecule has 13 heavy (non-hydrogen) atoms. The summed E-state index contributed by atoms with van der Waals surface area (Å²) in [6, 6.07) is 0. The van der Waals surface area contributed by atoms with E-state index >= 15 is 0 Å². The quantitative estimate of drug-likeness (QED) is 0.702. The van der Waals surface area contributed by atoms with E-state index in [4.69, 9.17) is 5.41 Å². The van der Waals surface area contributed by atoms with Crippen LogP contribution in [0.1, 0.15) is 13.8 Å². The SMILES string of the molecule is CCN(/C=C1\C=CC=CC1=N)CC. The number of allylic oxidation sites excluding steroid dienone is 5. The molecule has 0 bridgehead atoms. The number of rotatable bonds is 3. The lowest BCUT2D eigenvalue weighted by Gasteiger charge is -2.17. The van der Waals surface area contributed by atoms with E-state index in [0.29, 0.717) is 5.71 Å². The smallest absolute Gasteiger partial charge is 0.0626 e. The minimum Gasteiger partial charge on any atom is -0.377 e. The molecule has 0 fully saturated rings. The van der Waals surface area contributed by atoms with Gasteiger partial charge in [0.1, 0.15) is 0 Å². The summed E-state index contributed by atoms with van der Waals surface area (Å²) in [7, 11) is 0. The monoisotopic (exact) mass is 176 g/mol. The number of nitrogens with one attached hydrogen (secondary N) is 1. The van der Waals surface area contributed by atoms with Crippen LogP contribution in [0, 0.1) is 5.41 Å². The van der Waals surface area contributed by atoms with Gasteiger partial charge in [0, 0.05) is 24.9 Å². The Hall–Kier alpha value is -1.31. The third-order valence-corrected chi connectivity index (χ3v) is 2.09. The van der Waals surface area contributed by atoms with Gasteiger partial charge in [-0.2, -0.15) is 0 Å². The Bertz CT molecular complexity index is 268. The molecule has 1 aliphatic carbocycles. The van der Waals surface area contributed by atoms with Gasteiger partial charge < -0.3 is 10.3 Å². The molecule has 0 heterocycles. The first-order valence-corrected chi connectivity index (χ1v) is 4.67. The summed E-state index contributed by atoms with van der Waals surface area (Å²) < 4.78 is 0. The van der Waals surface area contributed by atoms with E-state index in [-0.39, 0.29) is 0 Å². The lowest BCUT2D eigenvalue weighted by atomic mass is 10.1. The van der Waals surface area contributed by atoms with Crippen LogP contribution in [0.3, 0.4) is 0 Å². The molecule has 0 amide bonds. The summed E-state index contributed by atoms with van der Waals surface area (Å²) in [6.45, 7) is 6.22. The zero-order chi connectivity index (χ0) is 9.68. The van der Waals surface area contributed by atoms with Gasteiger partial charge in [0.25, 0.3) is 0 Å². The van der Waals surface area contributed by atoms with Crippen LogP contribution >= 0.6 is 0 Å². The summed E-state index contributed by atoms with van der Waals surface area (Å²) in [6.07, 6.45) is 9.69. The van der Waals surface area contributed by atoms with Gasteiger partial charge in [0.05, 0.1) is 5.71 Å². The van der Waals surface area contributed by atoms with E-state index in [1.165, 1.54) is 0 Å². The van der Waals surface area contributed by atoms with Crippen molar-refractivity contribution < 1.29 is 0 Å². The van der Waals surface area contributed by atoms with E-state index in [1.807, 2.05) is 30.5 Å². The molecular weight excluding hydrogens is 160 g/mol. The van der Waals surface area contributed by atoms with Gasteiger partial charge in [0.15, 0.2) is 0 Å². The van der Waals surface area contributed by atoms with Gasteiger partial charge in [0.2, 0.25) is 0 Å². The average molecular weight is 176 g/mol. The number of nitrogens with zero attached hydrogens (tertiary/aromatic N) is 1. The molecule has 0 aromatic rings. The van der Waals surface area contributed by atoms with Crippen LogP contribution in [0.25, 0.3) is 0 Å². The highest BCUT2D eigenvalue weighted by molar-refractivity contribution is 6.09. The van der Waals surface area contributed by atoms with Crippen molar-refractivity contribution in [1.29, 1.82) is 5.41 Å². The van der Waals surface area contributed by atoms with Crippen molar-refractivity contribution in [3.63, 3.8) is 0 Å². The Balaban J connectivity index is 2.75. The van der Waals surface area contributed by atoms with Crippen molar-refractivity contribution in [2.75, 3.05) is 13.1 Å². The third kappa shape index (κ3) is 2.58. The second-order valence-corrected chi connectivity index (χ2v) is 2.94. The predicted molar refractivity (Wildman–Crippen MR) is 57.0 cm³/mol. The van der Waals surface area contributed by atoms with Crippen molar-refractivity contribution in [1.82, 2.24) is 4.90 Å². The maximum atomic E-state index is 7.66. The third-order valence-electron chi connectivity index (χ3n) is 2.09. The first-order chi connectivity index (χ1) is 6.27. The number of hydrogen-bond acceptors (Lipinski definition) is 2. The first-order valence-electron chi connectivity index (χ1n) is 4.67. The molecule has 0 saturated carbocycles. The van der Waals surface area contributed by atoms with Crippen LogP contribution in [0.5, 0.6) is 0 Å². The van der Waals surface area contributed by atoms with E-state index in [0.717, 1.165) is 18.7 Å². The summed E-state index contributed by atoms with van der Waals surface area (Å²) in [5.41, 5.74) is 1.58. The van der Waals surface area contributed by atoms with Gasteiger partial charge in [-0.1, -0.05) is 18.2 Å². The standard InChI is InChI=1S/C11H16N2/c1-3-13(4-2)9-10-7-5-6-8-11(10)12/h5-9,12H,3-4H2,1-2H3/b10-9+,12-11?. The van der Waals surface area contributed by atoms with E-state index in [9.17, 15) is 0 Å². The zero-order valence-electron chi connectivity index (χ0n) is 8.25. The van der Waals surface area contributed by atoms with Crippen molar-refractivity contribution in [3.8, 4) is 0 Å². The van der Waals surface area contributed by atoms with Crippen molar-refractivity contribution in [2.45, 2.75) is 13.8 Å². The number of hydrogen-bond donors (Lipinski definition) is 1. The molecule has 0 saturated heterocycles. The van der Waals surface area contributed by atoms with E-state index in [1.54, 1.807) is 0 Å². The Kier molecular flexibility index (Phi) is 3.50. The van der Waals surface area contributed by atoms with E-state index < -0.39 is 0 Å². The van der Waals surface area contributed by atoms with Crippen molar-refractivity contribution in [3.05, 3.63) is 36.1 Å². The normalized spacial score (nSPS) is 18.3. The predicted octanol–water partition coefficient (Wildman–Crippen LogP) is 2.36. The molecule has 0 radical (unpaired) electrons. The van der Waals surface area contributed by atoms with Crippen LogP contribution in [-0.2, 0) is 0 Å². The fourth-order valence-electron chi connectivity index (χ4n) is 1.21. The van der Waals surface area contributed by atoms with Crippen LogP contribution < -0.4 is 0 Å². The minimum absolute atomic E-state index is 0.592. The second-order valence-electron chi connectivity index (χ2n) is 2.94. The van der Waals surface area contributed by atoms with Gasteiger partial charge in [-0.25, -0.2) is 0 Å². The van der Waals surface area contributed by atoms with E-state index in [2.05, 4.69) is 18.7 Å². The van der Waals surface area contributed by atoms with Gasteiger partial charge >= 0.3 is 0 Å². The van der Waals surface area contributed by atoms with Gasteiger partial charge in [-0.15, -0.1) is 0 Å². The minimum atomic E-state index is 0.592. The average Bonchev–Trinajstić information content (AvgIpc) is 2.17. The molecule has 1 rings (SSSR count). The van der Waals surface area contributed by atoms with Crippen molar-refractivity contribution >= 4 is 5.71 Å². The molecule has 70 valence electrons. The van der Waals surface area contributed by atoms with Crippen molar-refractivity contribution in [2.24, 2.45) is 0 Å². The Labute approximate surface area is 79.8 Å². The first kappa shape index (κ1) is 9.78. The lowest BCUT2D eigenvalue weighted by Crippen LogP contribution is -2.17. The Morgan fingerprint density at radius 2 is 1.85 bits per heavy atom. The van der Waals surface area contributed by atoms with Crippen LogP contribution in [-0.4, -0.2) is 23.7 Å². The molecule has 0 aliphatic heterocycles. The fourth-order valence-corrected chi connectivity index (χ4v) is 1.21. The molecule has 0 aromatic carbocycles. The molecule has 1 N–H and O–H groups in total. The highest BCUT2D eigenvalue weighted by atomic mass is 15.1. The maximum Gasteiger partial charge on any atom is 0.0626 e. The molecule has 0 aromatic heterocycles. The largest absolute Gasteiger partial charge is 0.377 e. The van der Waals surface area contributed by atoms with Crippen LogP contribution in [0.2, 0.25) is 0 Å². The molecule has 2 nitrogen and oxygen atoms in total. The summed E-state index contributed by atoms with van der Waals surface area (Å²) in [5.74, 6) is 0. The van der Waals surface area contributed by atoms with Gasteiger partial charge in [-0.3, -0.25) is 0 Å². The molecule has 0 unspecified atom stereocenters. The molecule has 2 heteroatoms. The molecule has 0 atom stereocenters. The lowest BCUT2D eigenvalue weighted by molar-refractivity contribution is 0.418. The zero-order valence-corrected chi connectivity index (χ0v) is 8.25. The Morgan fingerprint density at radius 3 is 2.38 bits per heavy atom. The molecule has 0 spiro atoms. The topological polar surface area (TPSA) is 27.1 Å². The highest BCUT2D eigenvalue weighted by Crippen LogP contribution is 2.08.